The molecule has 0 unspecified atom stereocenters. The normalized spacial score (nSPS) is 22.0. The minimum Gasteiger partial charge on any atom is -0.338 e. The second-order valence-electron chi connectivity index (χ2n) is 7.63. The number of carbonyl (C=O) groups excluding carboxylic acids is 2. The van der Waals surface area contributed by atoms with Crippen molar-refractivity contribution in [1.29, 1.82) is 0 Å². The van der Waals surface area contributed by atoms with Gasteiger partial charge in [-0.05, 0) is 43.4 Å². The number of aromatic nitrogens is 3. The maximum Gasteiger partial charge on any atom is 0.255 e. The topological polar surface area (TPSA) is 71.3 Å². The maximum atomic E-state index is 12.8. The molecular formula is C20H25N5O2. The van der Waals surface area contributed by atoms with E-state index in [-0.39, 0.29) is 17.9 Å². The first-order valence-electron chi connectivity index (χ1n) is 9.58. The Kier molecular flexibility index (Phi) is 4.92. The molecule has 27 heavy (non-hydrogen) atoms. The highest BCUT2D eigenvalue weighted by atomic mass is 16.2. The van der Waals surface area contributed by atoms with Crippen molar-refractivity contribution in [2.75, 3.05) is 19.6 Å². The van der Waals surface area contributed by atoms with Crippen LogP contribution in [0.3, 0.4) is 0 Å². The SMILES string of the molecule is Cc1cnn(CCC(=O)N2C[C@H]3CC[C@@H]2CN(C(=O)c2cccnc2)C3)c1. The lowest BCUT2D eigenvalue weighted by Crippen LogP contribution is -2.47. The van der Waals surface area contributed by atoms with Gasteiger partial charge < -0.3 is 9.80 Å². The molecule has 0 radical (unpaired) electrons. The molecule has 0 aliphatic carbocycles. The van der Waals surface area contributed by atoms with Crippen molar-refractivity contribution in [2.45, 2.75) is 38.8 Å². The van der Waals surface area contributed by atoms with Crippen LogP contribution in [-0.4, -0.2) is 62.1 Å². The molecule has 2 amide bonds. The Bertz CT molecular complexity index is 819. The number of amides is 2. The highest BCUT2D eigenvalue weighted by Gasteiger charge is 2.38. The number of pyridine rings is 1. The first kappa shape index (κ1) is 17.7. The van der Waals surface area contributed by atoms with Crippen LogP contribution < -0.4 is 0 Å². The number of hydrogen-bond acceptors (Lipinski definition) is 4. The summed E-state index contributed by atoms with van der Waals surface area (Å²) in [6.45, 7) is 4.66. The van der Waals surface area contributed by atoms with Gasteiger partial charge in [-0.15, -0.1) is 0 Å². The van der Waals surface area contributed by atoms with Gasteiger partial charge in [-0.2, -0.15) is 5.10 Å². The van der Waals surface area contributed by atoms with Crippen LogP contribution in [0.15, 0.2) is 36.9 Å². The Labute approximate surface area is 159 Å². The predicted molar refractivity (Wildman–Crippen MR) is 99.9 cm³/mol. The van der Waals surface area contributed by atoms with Gasteiger partial charge in [0.15, 0.2) is 0 Å². The summed E-state index contributed by atoms with van der Waals surface area (Å²) in [7, 11) is 0. The standard InChI is InChI=1S/C20H25N5O2/c1-15-9-22-24(11-15)8-6-19(26)25-13-16-4-5-18(25)14-23(12-16)20(27)17-3-2-7-21-10-17/h2-3,7,9-11,16,18H,4-6,8,12-14H2,1H3/t16-,18+/m0/s1. The van der Waals surface area contributed by atoms with Crippen LogP contribution >= 0.6 is 0 Å². The molecule has 7 heteroatoms. The fraction of sp³-hybridized carbons (Fsp3) is 0.500. The molecule has 2 aromatic heterocycles. The fourth-order valence-corrected chi connectivity index (χ4v) is 4.17. The predicted octanol–water partition coefficient (Wildman–Crippen LogP) is 1.74. The Morgan fingerprint density at radius 2 is 2.07 bits per heavy atom. The third-order valence-corrected chi connectivity index (χ3v) is 5.55. The zero-order valence-corrected chi connectivity index (χ0v) is 15.6. The van der Waals surface area contributed by atoms with Crippen molar-refractivity contribution in [2.24, 2.45) is 5.92 Å². The fourth-order valence-electron chi connectivity index (χ4n) is 4.17. The highest BCUT2D eigenvalue weighted by molar-refractivity contribution is 5.94. The van der Waals surface area contributed by atoms with Crippen LogP contribution in [0.5, 0.6) is 0 Å². The van der Waals surface area contributed by atoms with E-state index in [1.165, 1.54) is 0 Å². The molecule has 0 spiro atoms. The van der Waals surface area contributed by atoms with Gasteiger partial charge in [0.2, 0.25) is 5.91 Å². The lowest BCUT2D eigenvalue weighted by Gasteiger charge is -2.36. The van der Waals surface area contributed by atoms with E-state index in [0.717, 1.165) is 24.9 Å². The maximum absolute atomic E-state index is 12.8. The summed E-state index contributed by atoms with van der Waals surface area (Å²) in [6, 6.07) is 3.69. The second-order valence-corrected chi connectivity index (χ2v) is 7.63. The third kappa shape index (κ3) is 3.86. The zero-order valence-electron chi connectivity index (χ0n) is 15.6. The van der Waals surface area contributed by atoms with E-state index in [1.54, 1.807) is 30.7 Å². The monoisotopic (exact) mass is 367 g/mol. The number of fused-ring (bicyclic) bond motifs is 4. The zero-order chi connectivity index (χ0) is 18.8. The summed E-state index contributed by atoms with van der Waals surface area (Å²) >= 11 is 0. The molecule has 0 saturated carbocycles. The van der Waals surface area contributed by atoms with Gasteiger partial charge in [-0.25, -0.2) is 0 Å². The van der Waals surface area contributed by atoms with Crippen molar-refractivity contribution in [3.05, 3.63) is 48.0 Å². The Morgan fingerprint density at radius 3 is 2.81 bits per heavy atom. The third-order valence-electron chi connectivity index (χ3n) is 5.55. The van der Waals surface area contributed by atoms with Gasteiger partial charge in [0.05, 0.1) is 11.8 Å². The summed E-state index contributed by atoms with van der Waals surface area (Å²) in [5.74, 6) is 0.523. The van der Waals surface area contributed by atoms with E-state index < -0.39 is 0 Å². The molecule has 7 nitrogen and oxygen atoms in total. The van der Waals surface area contributed by atoms with Crippen molar-refractivity contribution in [3.8, 4) is 0 Å². The number of hydrogen-bond donors (Lipinski definition) is 0. The average Bonchev–Trinajstić information content (AvgIpc) is 2.91. The van der Waals surface area contributed by atoms with Gasteiger partial charge >= 0.3 is 0 Å². The van der Waals surface area contributed by atoms with Crippen LogP contribution in [0.1, 0.15) is 35.2 Å². The highest BCUT2D eigenvalue weighted by Crippen LogP contribution is 2.29. The smallest absolute Gasteiger partial charge is 0.255 e. The minimum atomic E-state index is 0.0151. The number of rotatable bonds is 4. The first-order valence-corrected chi connectivity index (χ1v) is 9.58. The number of carbonyl (C=O) groups is 2. The molecule has 3 aliphatic rings. The van der Waals surface area contributed by atoms with Crippen LogP contribution in [0, 0.1) is 12.8 Å². The van der Waals surface area contributed by atoms with Crippen molar-refractivity contribution < 1.29 is 9.59 Å². The summed E-state index contributed by atoms with van der Waals surface area (Å²) in [6.07, 6.45) is 9.53. The van der Waals surface area contributed by atoms with E-state index >= 15 is 0 Å². The molecule has 142 valence electrons. The van der Waals surface area contributed by atoms with Gasteiger partial charge in [0, 0.05) is 57.2 Å². The molecule has 2 bridgehead atoms. The lowest BCUT2D eigenvalue weighted by atomic mass is 9.94. The second kappa shape index (κ2) is 7.50. The van der Waals surface area contributed by atoms with Crippen LogP contribution in [0.4, 0.5) is 0 Å². The number of aryl methyl sites for hydroxylation is 2. The van der Waals surface area contributed by atoms with Gasteiger partial charge in [-0.1, -0.05) is 0 Å². The summed E-state index contributed by atoms with van der Waals surface area (Å²) in [5, 5.41) is 4.26. The number of piperidine rings is 1. The van der Waals surface area contributed by atoms with Crippen molar-refractivity contribution in [1.82, 2.24) is 24.6 Å². The molecule has 3 aliphatic heterocycles. The largest absolute Gasteiger partial charge is 0.338 e. The van der Waals surface area contributed by atoms with E-state index in [9.17, 15) is 9.59 Å². The molecular weight excluding hydrogens is 342 g/mol. The van der Waals surface area contributed by atoms with Crippen LogP contribution in [0.2, 0.25) is 0 Å². The average molecular weight is 367 g/mol. The van der Waals surface area contributed by atoms with E-state index in [2.05, 4.69) is 10.1 Å². The quantitative estimate of drug-likeness (QED) is 0.825. The summed E-state index contributed by atoms with van der Waals surface area (Å²) < 4.78 is 1.82. The molecule has 0 aromatic carbocycles. The van der Waals surface area contributed by atoms with E-state index in [4.69, 9.17) is 0 Å². The molecule has 3 saturated heterocycles. The lowest BCUT2D eigenvalue weighted by molar-refractivity contribution is -0.135. The summed E-state index contributed by atoms with van der Waals surface area (Å²) in [5.41, 5.74) is 1.71. The van der Waals surface area contributed by atoms with E-state index in [0.29, 0.717) is 37.5 Å². The van der Waals surface area contributed by atoms with Gasteiger partial charge in [0.1, 0.15) is 0 Å². The molecule has 2 aromatic rings. The van der Waals surface area contributed by atoms with Gasteiger partial charge in [0.25, 0.3) is 5.91 Å². The summed E-state index contributed by atoms with van der Waals surface area (Å²) in [4.78, 5) is 33.6. The Hall–Kier alpha value is -2.70. The van der Waals surface area contributed by atoms with E-state index in [1.807, 2.05) is 27.6 Å². The Morgan fingerprint density at radius 1 is 1.19 bits per heavy atom. The van der Waals surface area contributed by atoms with Crippen LogP contribution in [-0.2, 0) is 11.3 Å². The van der Waals surface area contributed by atoms with Crippen molar-refractivity contribution >= 4 is 11.8 Å². The number of nitrogens with zero attached hydrogens (tertiary/aromatic N) is 5. The molecule has 5 heterocycles. The minimum absolute atomic E-state index is 0.0151. The van der Waals surface area contributed by atoms with Crippen LogP contribution in [0.25, 0.3) is 0 Å². The Balaban J connectivity index is 1.42. The molecule has 5 rings (SSSR count). The molecule has 2 atom stereocenters. The van der Waals surface area contributed by atoms with Crippen molar-refractivity contribution in [3.63, 3.8) is 0 Å². The first-order chi connectivity index (χ1) is 13.1. The molecule has 3 fully saturated rings. The molecule has 0 N–H and O–H groups in total. The van der Waals surface area contributed by atoms with Gasteiger partial charge in [-0.3, -0.25) is 19.3 Å².